The van der Waals surface area contributed by atoms with E-state index in [2.05, 4.69) is 5.43 Å². The van der Waals surface area contributed by atoms with Crippen molar-refractivity contribution in [1.29, 1.82) is 0 Å². The standard InChI is InChI=1S/C6H8N2O.C5H5.Fe/c7-8-6(9)5-3-1-2-4-5;1-2-4-5-3-1;/h1-4,8-9H,7H2;1-5H;/q;-1;. The van der Waals surface area contributed by atoms with Gasteiger partial charge in [0.25, 0.3) is 0 Å². The molecule has 1 aliphatic rings. The fourth-order valence-electron chi connectivity index (χ4n) is 0.936. The summed E-state index contributed by atoms with van der Waals surface area (Å²) in [5, 5.41) is 8.90. The molecule has 0 aliphatic heterocycles. The molecule has 0 heterocycles. The van der Waals surface area contributed by atoms with E-state index in [1.54, 1.807) is 12.2 Å². The zero-order valence-electron chi connectivity index (χ0n) is 8.07. The van der Waals surface area contributed by atoms with Crippen LogP contribution >= 0.6 is 0 Å². The second-order valence-corrected chi connectivity index (χ2v) is 2.63. The molecule has 1 aliphatic carbocycles. The smallest absolute Gasteiger partial charge is 0.206 e. The summed E-state index contributed by atoms with van der Waals surface area (Å²) in [5.74, 6) is 4.93. The summed E-state index contributed by atoms with van der Waals surface area (Å²) in [6.45, 7) is 0. The average molecular weight is 245 g/mol. The molecular weight excluding hydrogens is 232 g/mol. The Morgan fingerprint density at radius 2 is 1.73 bits per heavy atom. The van der Waals surface area contributed by atoms with Crippen LogP contribution in [0.3, 0.4) is 0 Å². The van der Waals surface area contributed by atoms with Crippen LogP contribution in [-0.4, -0.2) is 5.11 Å². The molecule has 1 aromatic rings. The number of hydrogen-bond acceptors (Lipinski definition) is 3. The van der Waals surface area contributed by atoms with Gasteiger partial charge in [0.05, 0.1) is 0 Å². The van der Waals surface area contributed by atoms with E-state index in [0.29, 0.717) is 5.57 Å². The molecule has 0 unspecified atom stereocenters. The first-order chi connectivity index (χ1) is 6.84. The van der Waals surface area contributed by atoms with Gasteiger partial charge in [-0.15, -0.1) is 0 Å². The van der Waals surface area contributed by atoms with Crippen molar-refractivity contribution in [1.82, 2.24) is 5.43 Å². The monoisotopic (exact) mass is 245 g/mol. The number of aliphatic hydroxyl groups is 1. The van der Waals surface area contributed by atoms with Gasteiger partial charge in [-0.25, -0.2) is 18.0 Å². The van der Waals surface area contributed by atoms with E-state index >= 15 is 0 Å². The second-order valence-electron chi connectivity index (χ2n) is 2.63. The predicted molar refractivity (Wildman–Crippen MR) is 57.3 cm³/mol. The molecule has 1 aromatic carbocycles. The third-order valence-electron chi connectivity index (χ3n) is 1.63. The van der Waals surface area contributed by atoms with Crippen molar-refractivity contribution in [2.75, 3.05) is 0 Å². The van der Waals surface area contributed by atoms with Crippen molar-refractivity contribution >= 4 is 0 Å². The topological polar surface area (TPSA) is 58.3 Å². The zero-order chi connectivity index (χ0) is 10.2. The van der Waals surface area contributed by atoms with Crippen molar-refractivity contribution in [3.8, 4) is 0 Å². The molecule has 0 fully saturated rings. The SMILES string of the molecule is NNC(O)=C1C=CC=C1.[Fe].c1cc[cH-]c1. The van der Waals surface area contributed by atoms with E-state index in [0.717, 1.165) is 0 Å². The summed E-state index contributed by atoms with van der Waals surface area (Å²) in [5.41, 5.74) is 2.85. The number of aliphatic hydroxyl groups excluding tert-OH is 1. The van der Waals surface area contributed by atoms with E-state index in [9.17, 15) is 0 Å². The minimum atomic E-state index is 0. The number of hydrogen-bond donors (Lipinski definition) is 3. The number of rotatable bonds is 1. The number of allylic oxidation sites excluding steroid dienone is 5. The van der Waals surface area contributed by atoms with E-state index in [-0.39, 0.29) is 23.0 Å². The molecule has 0 atom stereocenters. The average Bonchev–Trinajstić information content (AvgIpc) is 2.91. The Kier molecular flexibility index (Phi) is 7.28. The second kappa shape index (κ2) is 8.00. The molecule has 82 valence electrons. The molecule has 3 nitrogen and oxygen atoms in total. The third-order valence-corrected chi connectivity index (χ3v) is 1.63. The number of hydrazine groups is 1. The first-order valence-electron chi connectivity index (χ1n) is 4.26. The van der Waals surface area contributed by atoms with Crippen molar-refractivity contribution in [2.24, 2.45) is 5.84 Å². The quantitative estimate of drug-likeness (QED) is 0.232. The minimum Gasteiger partial charge on any atom is -0.494 e. The zero-order valence-corrected chi connectivity index (χ0v) is 9.18. The van der Waals surface area contributed by atoms with Gasteiger partial charge in [-0.2, -0.15) is 18.2 Å². The van der Waals surface area contributed by atoms with Crippen molar-refractivity contribution < 1.29 is 22.2 Å². The Hall–Kier alpha value is -1.35. The van der Waals surface area contributed by atoms with Crippen molar-refractivity contribution in [3.05, 3.63) is 66.1 Å². The Morgan fingerprint density at radius 3 is 2.07 bits per heavy atom. The molecule has 0 spiro atoms. The molecule has 0 radical (unpaired) electrons. The maximum Gasteiger partial charge on any atom is 0.206 e. The molecule has 0 aromatic heterocycles. The molecule has 4 heteroatoms. The summed E-state index contributed by atoms with van der Waals surface area (Å²) in [6, 6.07) is 10.0. The Bertz CT molecular complexity index is 308. The molecule has 0 amide bonds. The van der Waals surface area contributed by atoms with Crippen LogP contribution in [0, 0.1) is 0 Å². The van der Waals surface area contributed by atoms with Crippen LogP contribution in [0.25, 0.3) is 0 Å². The summed E-state index contributed by atoms with van der Waals surface area (Å²) in [4.78, 5) is 0. The first kappa shape index (κ1) is 13.6. The van der Waals surface area contributed by atoms with Gasteiger partial charge in [0.2, 0.25) is 5.88 Å². The van der Waals surface area contributed by atoms with E-state index in [4.69, 9.17) is 10.9 Å². The maximum atomic E-state index is 8.90. The maximum absolute atomic E-state index is 8.90. The van der Waals surface area contributed by atoms with Gasteiger partial charge < -0.3 is 5.11 Å². The normalized spacial score (nSPS) is 11.4. The number of nitrogens with two attached hydrogens (primary N) is 1. The molecule has 4 N–H and O–H groups in total. The molecule has 2 rings (SSSR count). The van der Waals surface area contributed by atoms with Crippen molar-refractivity contribution in [2.45, 2.75) is 0 Å². The van der Waals surface area contributed by atoms with Gasteiger partial charge in [0, 0.05) is 22.6 Å². The van der Waals surface area contributed by atoms with E-state index in [1.807, 2.05) is 42.5 Å². The minimum absolute atomic E-state index is 0. The van der Waals surface area contributed by atoms with Gasteiger partial charge in [-0.1, -0.05) is 12.2 Å². The van der Waals surface area contributed by atoms with Crippen molar-refractivity contribution in [3.63, 3.8) is 0 Å². The van der Waals surface area contributed by atoms with Gasteiger partial charge in [-0.05, 0) is 12.2 Å². The van der Waals surface area contributed by atoms with Crippen LogP contribution in [0.15, 0.2) is 66.1 Å². The summed E-state index contributed by atoms with van der Waals surface area (Å²) in [6.07, 6.45) is 7.16. The Balaban J connectivity index is 0.000000280. The summed E-state index contributed by atoms with van der Waals surface area (Å²) in [7, 11) is 0. The van der Waals surface area contributed by atoms with Crippen LogP contribution < -0.4 is 11.3 Å². The largest absolute Gasteiger partial charge is 0.494 e. The van der Waals surface area contributed by atoms with Crippen LogP contribution in [0.4, 0.5) is 0 Å². The van der Waals surface area contributed by atoms with Gasteiger partial charge in [-0.3, -0.25) is 5.43 Å². The summed E-state index contributed by atoms with van der Waals surface area (Å²) >= 11 is 0. The van der Waals surface area contributed by atoms with Crippen LogP contribution in [-0.2, 0) is 17.1 Å². The third kappa shape index (κ3) is 5.18. The molecule has 0 bridgehead atoms. The fourth-order valence-corrected chi connectivity index (χ4v) is 0.936. The Morgan fingerprint density at radius 1 is 1.20 bits per heavy atom. The first-order valence-corrected chi connectivity index (χ1v) is 4.26. The van der Waals surface area contributed by atoms with E-state index in [1.165, 1.54) is 0 Å². The summed E-state index contributed by atoms with van der Waals surface area (Å²) < 4.78 is 0. The van der Waals surface area contributed by atoms with E-state index < -0.39 is 0 Å². The molecular formula is C11H13FeN2O-. The molecule has 0 saturated carbocycles. The number of nitrogens with one attached hydrogen (secondary N) is 1. The molecule has 15 heavy (non-hydrogen) atoms. The Labute approximate surface area is 99.8 Å². The predicted octanol–water partition coefficient (Wildman–Crippen LogP) is 1.75. The van der Waals surface area contributed by atoms with Gasteiger partial charge in [0.1, 0.15) is 0 Å². The molecule has 0 saturated heterocycles. The van der Waals surface area contributed by atoms with Crippen LogP contribution in [0.2, 0.25) is 0 Å². The fraction of sp³-hybridized carbons (Fsp3) is 0. The van der Waals surface area contributed by atoms with Crippen LogP contribution in [0.1, 0.15) is 0 Å². The van der Waals surface area contributed by atoms with Gasteiger partial charge >= 0.3 is 0 Å². The van der Waals surface area contributed by atoms with Gasteiger partial charge in [0.15, 0.2) is 0 Å². The van der Waals surface area contributed by atoms with Crippen LogP contribution in [0.5, 0.6) is 0 Å².